The Balaban J connectivity index is 1.46. The number of esters is 2. The van der Waals surface area contributed by atoms with Gasteiger partial charge in [0, 0.05) is 17.8 Å². The Labute approximate surface area is 248 Å². The van der Waals surface area contributed by atoms with Gasteiger partial charge in [0.1, 0.15) is 6.10 Å². The van der Waals surface area contributed by atoms with E-state index in [0.29, 0.717) is 36.2 Å². The van der Waals surface area contributed by atoms with E-state index in [2.05, 4.69) is 48.1 Å². The first-order valence-corrected chi connectivity index (χ1v) is 16.4. The van der Waals surface area contributed by atoms with Crippen molar-refractivity contribution in [1.82, 2.24) is 0 Å². The molecule has 6 nitrogen and oxygen atoms in total. The van der Waals surface area contributed by atoms with Gasteiger partial charge in [-0.2, -0.15) is 0 Å². The molecule has 5 saturated carbocycles. The Morgan fingerprint density at radius 1 is 0.878 bits per heavy atom. The van der Waals surface area contributed by atoms with Gasteiger partial charge in [-0.05, 0) is 117 Å². The van der Waals surface area contributed by atoms with Gasteiger partial charge in [-0.1, -0.05) is 46.8 Å². The van der Waals surface area contributed by atoms with E-state index < -0.39 is 18.7 Å². The van der Waals surface area contributed by atoms with Crippen LogP contribution in [0.1, 0.15) is 113 Å². The van der Waals surface area contributed by atoms with Crippen molar-refractivity contribution in [3.63, 3.8) is 0 Å². The van der Waals surface area contributed by atoms with E-state index in [4.69, 9.17) is 9.47 Å². The zero-order valence-corrected chi connectivity index (χ0v) is 26.8. The predicted molar refractivity (Wildman–Crippen MR) is 159 cm³/mol. The number of hydrogen-bond donors (Lipinski definition) is 2. The van der Waals surface area contributed by atoms with Gasteiger partial charge in [0.15, 0.2) is 6.10 Å². The van der Waals surface area contributed by atoms with Crippen LogP contribution in [-0.4, -0.2) is 47.6 Å². The van der Waals surface area contributed by atoms with Crippen molar-refractivity contribution in [3.8, 4) is 0 Å². The lowest BCUT2D eigenvalue weighted by Crippen LogP contribution is -2.67. The van der Waals surface area contributed by atoms with Crippen LogP contribution < -0.4 is 0 Å². The maximum absolute atomic E-state index is 12.4. The average molecular weight is 573 g/mol. The smallest absolute Gasteiger partial charge is 0.337 e. The monoisotopic (exact) mass is 572 g/mol. The highest BCUT2D eigenvalue weighted by Gasteiger charge is 2.71. The van der Waals surface area contributed by atoms with E-state index in [1.54, 1.807) is 6.92 Å². The molecule has 0 aromatic carbocycles. The number of aliphatic hydroxyl groups excluding tert-OH is 2. The first-order valence-electron chi connectivity index (χ1n) is 16.4. The number of allylic oxidation sites excluding steroid dienone is 1. The first kappa shape index (κ1) is 31.0. The summed E-state index contributed by atoms with van der Waals surface area (Å²) in [5.74, 6) is 1.66. The normalized spacial score (nSPS) is 47.1. The van der Waals surface area contributed by atoms with E-state index in [1.165, 1.54) is 31.3 Å². The van der Waals surface area contributed by atoms with Crippen LogP contribution in [0.15, 0.2) is 12.2 Å². The summed E-state index contributed by atoms with van der Waals surface area (Å²) >= 11 is 0. The molecule has 0 amide bonds. The second kappa shape index (κ2) is 10.4. The summed E-state index contributed by atoms with van der Waals surface area (Å²) in [4.78, 5) is 24.4. The quantitative estimate of drug-likeness (QED) is 0.280. The van der Waals surface area contributed by atoms with Gasteiger partial charge in [0.25, 0.3) is 0 Å². The molecule has 0 bridgehead atoms. The van der Waals surface area contributed by atoms with Crippen molar-refractivity contribution in [2.75, 3.05) is 13.2 Å². The largest absolute Gasteiger partial charge is 0.463 e. The third-order valence-corrected chi connectivity index (χ3v) is 14.4. The lowest BCUT2D eigenvalue weighted by molar-refractivity contribution is -0.252. The van der Waals surface area contributed by atoms with E-state index in [1.807, 2.05) is 0 Å². The second-order valence-corrected chi connectivity index (χ2v) is 16.3. The summed E-state index contributed by atoms with van der Waals surface area (Å²) in [5, 5.41) is 19.2. The fourth-order valence-electron chi connectivity index (χ4n) is 12.3. The number of fused-ring (bicyclic) bond motifs is 7. The molecule has 5 aliphatic carbocycles. The maximum Gasteiger partial charge on any atom is 0.337 e. The molecule has 6 heteroatoms. The summed E-state index contributed by atoms with van der Waals surface area (Å²) in [5.41, 5.74) is 1.73. The minimum atomic E-state index is -1.47. The molecule has 0 aliphatic heterocycles. The molecule has 5 rings (SSSR count). The molecular formula is C35H56O6. The molecule has 0 heterocycles. The molecule has 2 N–H and O–H groups in total. The lowest BCUT2D eigenvalue weighted by Gasteiger charge is -2.73. The molecule has 0 radical (unpaired) electrons. The van der Waals surface area contributed by atoms with E-state index in [-0.39, 0.29) is 39.1 Å². The molecule has 0 unspecified atom stereocenters. The second-order valence-electron chi connectivity index (χ2n) is 16.3. The Bertz CT molecular complexity index is 1070. The van der Waals surface area contributed by atoms with Gasteiger partial charge < -0.3 is 19.7 Å². The molecule has 0 spiro atoms. The summed E-state index contributed by atoms with van der Waals surface area (Å²) in [7, 11) is 0. The maximum atomic E-state index is 12.4. The number of carbonyl (C=O) groups excluding carboxylic acids is 2. The zero-order chi connectivity index (χ0) is 30.2. The Kier molecular flexibility index (Phi) is 7.84. The van der Waals surface area contributed by atoms with Gasteiger partial charge in [0.2, 0.25) is 0 Å². The van der Waals surface area contributed by atoms with Gasteiger partial charge >= 0.3 is 11.9 Å². The van der Waals surface area contributed by atoms with Crippen molar-refractivity contribution in [1.29, 1.82) is 0 Å². The predicted octanol–water partition coefficient (Wildman–Crippen LogP) is 6.47. The fraction of sp³-hybridized carbons (Fsp3) is 0.886. The SMILES string of the molecule is C=C(C)[C@@H]1CC[C@]2(COC(=O)[C@H](O)CO)CC[C@]3(C)[C@H](CC[C@@H]4[C@@]5(C)CC[C@H](OC(C)=O)C(C)(C)[C@@H]5CC[C@]43C)[C@@H]12. The van der Waals surface area contributed by atoms with Crippen molar-refractivity contribution in [3.05, 3.63) is 12.2 Å². The van der Waals surface area contributed by atoms with E-state index in [9.17, 15) is 19.8 Å². The fourth-order valence-corrected chi connectivity index (χ4v) is 12.3. The van der Waals surface area contributed by atoms with Gasteiger partial charge in [-0.15, -0.1) is 0 Å². The van der Waals surface area contributed by atoms with Crippen molar-refractivity contribution in [2.24, 2.45) is 56.7 Å². The zero-order valence-electron chi connectivity index (χ0n) is 26.8. The Morgan fingerprint density at radius 3 is 2.22 bits per heavy atom. The van der Waals surface area contributed by atoms with E-state index >= 15 is 0 Å². The highest BCUT2D eigenvalue weighted by molar-refractivity contribution is 5.74. The lowest BCUT2D eigenvalue weighted by atomic mass is 9.32. The van der Waals surface area contributed by atoms with Crippen LogP contribution in [0, 0.1) is 56.7 Å². The molecule has 41 heavy (non-hydrogen) atoms. The third-order valence-electron chi connectivity index (χ3n) is 14.4. The average Bonchev–Trinajstić information content (AvgIpc) is 3.29. The summed E-state index contributed by atoms with van der Waals surface area (Å²) in [6.07, 6.45) is 9.63. The van der Waals surface area contributed by atoms with Crippen molar-refractivity contribution in [2.45, 2.75) is 125 Å². The van der Waals surface area contributed by atoms with Crippen molar-refractivity contribution < 1.29 is 29.3 Å². The number of ether oxygens (including phenoxy) is 2. The molecule has 0 aromatic rings. The molecule has 0 aromatic heterocycles. The van der Waals surface area contributed by atoms with Crippen LogP contribution in [-0.2, 0) is 19.1 Å². The first-order chi connectivity index (χ1) is 19.1. The highest BCUT2D eigenvalue weighted by Crippen LogP contribution is 2.77. The van der Waals surface area contributed by atoms with Crippen LogP contribution in [0.5, 0.6) is 0 Å². The van der Waals surface area contributed by atoms with Crippen LogP contribution in [0.3, 0.4) is 0 Å². The topological polar surface area (TPSA) is 93.1 Å². The van der Waals surface area contributed by atoms with E-state index in [0.717, 1.165) is 38.5 Å². The Hall–Kier alpha value is -1.40. The standard InChI is InChI=1S/C35H56O6/c1-21(2)23-11-16-35(20-40-30(39)25(38)19-36)18-17-33(7)24(29(23)35)9-10-27-32(6)14-13-28(41-22(3)37)31(4,5)26(32)12-15-34(27,33)8/h23-29,36,38H,1,9-20H2,2-8H3/t23-,24+,25+,26-,27+,28-,29+,32-,33+,34+,35+/m0/s1. The molecule has 0 saturated heterocycles. The van der Waals surface area contributed by atoms with Gasteiger partial charge in [0.05, 0.1) is 13.2 Å². The minimum absolute atomic E-state index is 0.00784. The van der Waals surface area contributed by atoms with Crippen LogP contribution in [0.2, 0.25) is 0 Å². The van der Waals surface area contributed by atoms with Crippen LogP contribution >= 0.6 is 0 Å². The van der Waals surface area contributed by atoms with Crippen molar-refractivity contribution >= 4 is 11.9 Å². The molecule has 232 valence electrons. The highest BCUT2D eigenvalue weighted by atomic mass is 16.6. The summed E-state index contributed by atoms with van der Waals surface area (Å²) in [6, 6.07) is 0. The van der Waals surface area contributed by atoms with Gasteiger partial charge in [-0.3, -0.25) is 4.79 Å². The Morgan fingerprint density at radius 2 is 1.59 bits per heavy atom. The van der Waals surface area contributed by atoms with Gasteiger partial charge in [-0.25, -0.2) is 4.79 Å². The number of hydrogen-bond acceptors (Lipinski definition) is 6. The third kappa shape index (κ3) is 4.47. The number of rotatable bonds is 6. The molecule has 5 fully saturated rings. The molecule has 11 atom stereocenters. The molecule has 5 aliphatic rings. The molecular weight excluding hydrogens is 516 g/mol. The number of carbonyl (C=O) groups is 2. The van der Waals surface area contributed by atoms with Crippen LogP contribution in [0.4, 0.5) is 0 Å². The summed E-state index contributed by atoms with van der Waals surface area (Å²) in [6.45, 7) is 20.4. The minimum Gasteiger partial charge on any atom is -0.463 e. The van der Waals surface area contributed by atoms with Crippen LogP contribution in [0.25, 0.3) is 0 Å². The number of aliphatic hydroxyl groups is 2. The summed E-state index contributed by atoms with van der Waals surface area (Å²) < 4.78 is 11.7.